The first-order valence-corrected chi connectivity index (χ1v) is 9.62. The molecule has 1 N–H and O–H groups in total. The summed E-state index contributed by atoms with van der Waals surface area (Å²) in [5, 5.41) is 20.8. The van der Waals surface area contributed by atoms with Crippen LogP contribution in [-0.4, -0.2) is 23.0 Å². The van der Waals surface area contributed by atoms with Gasteiger partial charge in [0, 0.05) is 17.8 Å². The van der Waals surface area contributed by atoms with Gasteiger partial charge in [0.05, 0.1) is 12.7 Å². The van der Waals surface area contributed by atoms with Crippen molar-refractivity contribution in [2.75, 3.05) is 7.11 Å². The first-order chi connectivity index (χ1) is 14.5. The smallest absolute Gasteiger partial charge is 0.271 e. The fraction of sp³-hybridized carbons (Fsp3) is 0.174. The van der Waals surface area contributed by atoms with Crippen LogP contribution in [0.15, 0.2) is 58.3 Å². The summed E-state index contributed by atoms with van der Waals surface area (Å²) in [4.78, 5) is 17.1. The number of nitrogens with zero attached hydrogens (tertiary/aromatic N) is 3. The summed E-state index contributed by atoms with van der Waals surface area (Å²) in [5.74, 6) is 0.267. The summed E-state index contributed by atoms with van der Waals surface area (Å²) in [6, 6.07) is 16.5. The van der Waals surface area contributed by atoms with E-state index in [1.54, 1.807) is 25.1 Å². The van der Waals surface area contributed by atoms with E-state index in [0.29, 0.717) is 34.0 Å². The number of benzene rings is 2. The molecule has 3 rings (SSSR count). The van der Waals surface area contributed by atoms with Crippen molar-refractivity contribution in [1.29, 1.82) is 5.26 Å². The normalized spacial score (nSPS) is 10.9. The molecule has 0 aliphatic carbocycles. The van der Waals surface area contributed by atoms with Gasteiger partial charge in [-0.2, -0.15) is 5.26 Å². The summed E-state index contributed by atoms with van der Waals surface area (Å²) < 4.78 is 6.49. The largest absolute Gasteiger partial charge is 0.494 e. The van der Waals surface area contributed by atoms with Crippen molar-refractivity contribution in [2.45, 2.75) is 19.9 Å². The third-order valence-corrected chi connectivity index (χ3v) is 5.02. The number of pyridine rings is 1. The molecule has 0 amide bonds. The van der Waals surface area contributed by atoms with Gasteiger partial charge in [-0.15, -0.1) is 0 Å². The number of nitriles is 1. The van der Waals surface area contributed by atoms with E-state index in [-0.39, 0.29) is 18.0 Å². The highest BCUT2D eigenvalue weighted by Gasteiger charge is 2.18. The second-order valence-electron chi connectivity index (χ2n) is 6.62. The lowest BCUT2D eigenvalue weighted by Gasteiger charge is -2.14. The summed E-state index contributed by atoms with van der Waals surface area (Å²) in [6.07, 6.45) is 1.94. The summed E-state index contributed by atoms with van der Waals surface area (Å²) >= 11 is 6.04. The van der Waals surface area contributed by atoms with E-state index in [4.69, 9.17) is 16.3 Å². The van der Waals surface area contributed by atoms with Crippen LogP contribution in [0.2, 0.25) is 5.02 Å². The number of aliphatic imine (C=N–C) groups is 1. The number of aromatic hydroxyl groups is 1. The van der Waals surface area contributed by atoms with Crippen molar-refractivity contribution in [1.82, 2.24) is 4.57 Å². The predicted molar refractivity (Wildman–Crippen MR) is 117 cm³/mol. The van der Waals surface area contributed by atoms with Crippen LogP contribution in [0.4, 0.5) is 5.69 Å². The Labute approximate surface area is 179 Å². The minimum absolute atomic E-state index is 0.0274. The van der Waals surface area contributed by atoms with Crippen molar-refractivity contribution in [3.05, 3.63) is 86.2 Å². The number of halogens is 1. The molecule has 0 saturated carbocycles. The molecular weight excluding hydrogens is 402 g/mol. The third-order valence-electron chi connectivity index (χ3n) is 4.79. The number of ether oxygens (including phenoxy) is 1. The first kappa shape index (κ1) is 21.2. The average molecular weight is 422 g/mol. The summed E-state index contributed by atoms with van der Waals surface area (Å²) in [7, 11) is 1.52. The Morgan fingerprint density at radius 3 is 2.67 bits per heavy atom. The van der Waals surface area contributed by atoms with E-state index in [1.807, 2.05) is 36.4 Å². The Morgan fingerprint density at radius 2 is 2.00 bits per heavy atom. The molecule has 152 valence electrons. The number of rotatable bonds is 6. The zero-order valence-electron chi connectivity index (χ0n) is 16.6. The van der Waals surface area contributed by atoms with Crippen LogP contribution in [-0.2, 0) is 13.0 Å². The van der Waals surface area contributed by atoms with Gasteiger partial charge in [-0.3, -0.25) is 14.4 Å². The second kappa shape index (κ2) is 9.29. The van der Waals surface area contributed by atoms with E-state index in [2.05, 4.69) is 4.99 Å². The lowest BCUT2D eigenvalue weighted by atomic mass is 10.1. The van der Waals surface area contributed by atoms with Crippen molar-refractivity contribution >= 4 is 23.5 Å². The number of hydrogen-bond donors (Lipinski definition) is 1. The van der Waals surface area contributed by atoms with Crippen LogP contribution in [0.5, 0.6) is 11.6 Å². The number of methoxy groups -OCH3 is 1. The Morgan fingerprint density at radius 1 is 1.27 bits per heavy atom. The van der Waals surface area contributed by atoms with E-state index < -0.39 is 5.56 Å². The molecule has 0 atom stereocenters. The van der Waals surface area contributed by atoms with Crippen LogP contribution in [0, 0.1) is 18.3 Å². The summed E-state index contributed by atoms with van der Waals surface area (Å²) in [5.41, 5.74) is 1.58. The van der Waals surface area contributed by atoms with Crippen molar-refractivity contribution in [3.8, 4) is 17.7 Å². The SMILES string of the molecule is COc1ccc(Cl)cc1N=Cc1c(C)c(C#N)c(=O)n(CCc2ccccc2)c1O. The standard InChI is InChI=1S/C23H20ClN3O3/c1-15-18(13-25)22(28)27(11-10-16-6-4-3-5-7-16)23(29)19(15)14-26-20-12-17(24)8-9-21(20)30-2/h3-9,12,14,29H,10-11H2,1-2H3. The van der Waals surface area contributed by atoms with Gasteiger partial charge in [-0.05, 0) is 42.7 Å². The maximum absolute atomic E-state index is 12.7. The molecule has 0 spiro atoms. The molecule has 0 radical (unpaired) electrons. The molecule has 0 fully saturated rings. The molecule has 7 heteroatoms. The van der Waals surface area contributed by atoms with Crippen molar-refractivity contribution < 1.29 is 9.84 Å². The molecule has 1 heterocycles. The van der Waals surface area contributed by atoms with Gasteiger partial charge in [0.1, 0.15) is 23.1 Å². The van der Waals surface area contributed by atoms with E-state index >= 15 is 0 Å². The van der Waals surface area contributed by atoms with Gasteiger partial charge in [0.2, 0.25) is 5.88 Å². The lowest BCUT2D eigenvalue weighted by Crippen LogP contribution is -2.26. The van der Waals surface area contributed by atoms with Crippen molar-refractivity contribution in [3.63, 3.8) is 0 Å². The highest BCUT2D eigenvalue weighted by atomic mass is 35.5. The fourth-order valence-corrected chi connectivity index (χ4v) is 3.28. The van der Waals surface area contributed by atoms with Crippen LogP contribution in [0.25, 0.3) is 0 Å². The van der Waals surface area contributed by atoms with Crippen LogP contribution >= 0.6 is 11.6 Å². The van der Waals surface area contributed by atoms with Gasteiger partial charge in [-0.25, -0.2) is 0 Å². The molecule has 30 heavy (non-hydrogen) atoms. The second-order valence-corrected chi connectivity index (χ2v) is 7.05. The van der Waals surface area contributed by atoms with Gasteiger partial charge in [0.25, 0.3) is 5.56 Å². The van der Waals surface area contributed by atoms with Crippen LogP contribution in [0.1, 0.15) is 22.3 Å². The highest BCUT2D eigenvalue weighted by molar-refractivity contribution is 6.30. The minimum Gasteiger partial charge on any atom is -0.494 e. The van der Waals surface area contributed by atoms with E-state index in [1.165, 1.54) is 17.9 Å². The predicted octanol–water partition coefficient (Wildman–Crippen LogP) is 4.39. The van der Waals surface area contributed by atoms with Crippen LogP contribution in [0.3, 0.4) is 0 Å². The Kier molecular flexibility index (Phi) is 6.55. The molecule has 0 bridgehead atoms. The van der Waals surface area contributed by atoms with Gasteiger partial charge in [-0.1, -0.05) is 41.9 Å². The van der Waals surface area contributed by atoms with Crippen molar-refractivity contribution in [2.24, 2.45) is 4.99 Å². The Hall–Kier alpha value is -3.56. The maximum Gasteiger partial charge on any atom is 0.271 e. The van der Waals surface area contributed by atoms with Gasteiger partial charge in [0.15, 0.2) is 0 Å². The molecule has 1 aromatic heterocycles. The lowest BCUT2D eigenvalue weighted by molar-refractivity contribution is 0.404. The minimum atomic E-state index is -0.527. The molecule has 6 nitrogen and oxygen atoms in total. The van der Waals surface area contributed by atoms with Crippen LogP contribution < -0.4 is 10.3 Å². The molecule has 3 aromatic rings. The highest BCUT2D eigenvalue weighted by Crippen LogP contribution is 2.31. The molecule has 0 saturated heterocycles. The quantitative estimate of drug-likeness (QED) is 0.598. The zero-order valence-corrected chi connectivity index (χ0v) is 17.3. The molecule has 0 unspecified atom stereocenters. The Balaban J connectivity index is 2.05. The number of hydrogen-bond acceptors (Lipinski definition) is 5. The topological polar surface area (TPSA) is 87.6 Å². The zero-order chi connectivity index (χ0) is 21.7. The molecule has 0 aliphatic heterocycles. The fourth-order valence-electron chi connectivity index (χ4n) is 3.12. The maximum atomic E-state index is 12.7. The summed E-state index contributed by atoms with van der Waals surface area (Å²) in [6.45, 7) is 1.84. The molecular formula is C23H20ClN3O3. The molecule has 2 aromatic carbocycles. The molecule has 0 aliphatic rings. The number of aromatic nitrogens is 1. The Bertz CT molecular complexity index is 1200. The first-order valence-electron chi connectivity index (χ1n) is 9.24. The van der Waals surface area contributed by atoms with E-state index in [0.717, 1.165) is 5.56 Å². The van der Waals surface area contributed by atoms with Gasteiger partial charge < -0.3 is 9.84 Å². The number of aryl methyl sites for hydroxylation is 1. The average Bonchev–Trinajstić information content (AvgIpc) is 2.74. The third kappa shape index (κ3) is 4.37. The monoisotopic (exact) mass is 421 g/mol. The van der Waals surface area contributed by atoms with Gasteiger partial charge >= 0.3 is 0 Å². The van der Waals surface area contributed by atoms with E-state index in [9.17, 15) is 15.2 Å².